The van der Waals surface area contributed by atoms with Gasteiger partial charge in [-0.25, -0.2) is 4.98 Å². The van der Waals surface area contributed by atoms with E-state index < -0.39 is 11.5 Å². The van der Waals surface area contributed by atoms with Gasteiger partial charge in [0.05, 0.1) is 18.3 Å². The van der Waals surface area contributed by atoms with Crippen LogP contribution in [0.1, 0.15) is 24.8 Å². The minimum Gasteiger partial charge on any atom is -0.396 e. The molecule has 120 valence electrons. The van der Waals surface area contributed by atoms with E-state index in [1.54, 1.807) is 25.4 Å². The van der Waals surface area contributed by atoms with Crippen LogP contribution in [0.2, 0.25) is 0 Å². The van der Waals surface area contributed by atoms with Crippen molar-refractivity contribution in [3.63, 3.8) is 0 Å². The smallest absolute Gasteiger partial charge is 0.146 e. The van der Waals surface area contributed by atoms with E-state index >= 15 is 0 Å². The summed E-state index contributed by atoms with van der Waals surface area (Å²) in [5, 5.41) is 29.5. The maximum atomic E-state index is 10.4. The zero-order valence-electron chi connectivity index (χ0n) is 12.9. The Bertz CT molecular complexity index is 532. The molecule has 1 aliphatic rings. The normalized spacial score (nSPS) is 25.0. The van der Waals surface area contributed by atoms with Gasteiger partial charge in [-0.1, -0.05) is 0 Å². The molecule has 1 saturated heterocycles. The quantitative estimate of drug-likeness (QED) is 0.760. The molecule has 0 aromatic carbocycles. The highest BCUT2D eigenvalue weighted by molar-refractivity contribution is 5.54. The molecule has 0 radical (unpaired) electrons. The Labute approximate surface area is 131 Å². The second kappa shape index (κ2) is 7.54. The topological polar surface area (TPSA) is 89.6 Å². The van der Waals surface area contributed by atoms with Crippen LogP contribution >= 0.6 is 0 Å². The highest BCUT2D eigenvalue weighted by Gasteiger charge is 2.42. The number of ether oxygens (including phenoxy) is 1. The Kier molecular flexibility index (Phi) is 5.72. The van der Waals surface area contributed by atoms with Crippen molar-refractivity contribution in [1.82, 2.24) is 4.98 Å². The molecule has 0 amide bonds. The van der Waals surface area contributed by atoms with E-state index in [1.807, 2.05) is 4.90 Å². The molecule has 1 aromatic heterocycles. The number of pyridine rings is 1. The lowest BCUT2D eigenvalue weighted by Gasteiger charge is -2.46. The molecule has 0 bridgehead atoms. The number of methoxy groups -OCH3 is 1. The lowest BCUT2D eigenvalue weighted by molar-refractivity contribution is -0.0388. The van der Waals surface area contributed by atoms with Crippen LogP contribution in [0, 0.1) is 16.7 Å². The largest absolute Gasteiger partial charge is 0.396 e. The molecule has 2 atom stereocenters. The Morgan fingerprint density at radius 1 is 1.59 bits per heavy atom. The third kappa shape index (κ3) is 3.38. The second-order valence-electron chi connectivity index (χ2n) is 5.83. The number of hydrogen-bond donors (Lipinski definition) is 2. The summed E-state index contributed by atoms with van der Waals surface area (Å²) in [5.74, 6) is 0.626. The second-order valence-corrected chi connectivity index (χ2v) is 5.83. The van der Waals surface area contributed by atoms with Crippen molar-refractivity contribution in [2.24, 2.45) is 5.41 Å². The minimum atomic E-state index is -0.596. The van der Waals surface area contributed by atoms with Crippen LogP contribution in [-0.2, 0) is 4.74 Å². The molecule has 0 unspecified atom stereocenters. The fraction of sp³-hybridized carbons (Fsp3) is 0.625. The fourth-order valence-electron chi connectivity index (χ4n) is 3.11. The summed E-state index contributed by atoms with van der Waals surface area (Å²) in [6, 6.07) is 5.62. The molecule has 6 nitrogen and oxygen atoms in total. The van der Waals surface area contributed by atoms with Gasteiger partial charge in [-0.3, -0.25) is 0 Å². The van der Waals surface area contributed by atoms with Gasteiger partial charge >= 0.3 is 0 Å². The SMILES string of the molecule is COCCC[C@@]1(CO)CN(c2ncccc2C#N)CC[C@H]1O. The van der Waals surface area contributed by atoms with E-state index in [2.05, 4.69) is 11.1 Å². The predicted molar refractivity (Wildman–Crippen MR) is 82.4 cm³/mol. The Morgan fingerprint density at radius 2 is 2.41 bits per heavy atom. The average Bonchev–Trinajstić information content (AvgIpc) is 2.57. The monoisotopic (exact) mass is 305 g/mol. The molecule has 1 fully saturated rings. The fourth-order valence-corrected chi connectivity index (χ4v) is 3.11. The van der Waals surface area contributed by atoms with Crippen molar-refractivity contribution in [2.45, 2.75) is 25.4 Å². The molecule has 2 heterocycles. The van der Waals surface area contributed by atoms with E-state index in [1.165, 1.54) is 0 Å². The van der Waals surface area contributed by atoms with Crippen molar-refractivity contribution >= 4 is 5.82 Å². The van der Waals surface area contributed by atoms with E-state index in [0.717, 1.165) is 6.42 Å². The summed E-state index contributed by atoms with van der Waals surface area (Å²) in [5.41, 5.74) is -0.0799. The van der Waals surface area contributed by atoms with Crippen LogP contribution in [-0.4, -0.2) is 54.7 Å². The zero-order valence-corrected chi connectivity index (χ0v) is 12.9. The van der Waals surface area contributed by atoms with E-state index in [4.69, 9.17) is 4.74 Å². The van der Waals surface area contributed by atoms with Crippen molar-refractivity contribution in [2.75, 3.05) is 38.3 Å². The van der Waals surface area contributed by atoms with E-state index in [9.17, 15) is 15.5 Å². The Hall–Kier alpha value is -1.68. The molecule has 2 rings (SSSR count). The van der Waals surface area contributed by atoms with Crippen molar-refractivity contribution in [3.05, 3.63) is 23.9 Å². The summed E-state index contributed by atoms with van der Waals surface area (Å²) < 4.78 is 5.07. The number of nitriles is 1. The molecule has 0 aliphatic carbocycles. The lowest BCUT2D eigenvalue weighted by atomic mass is 9.74. The summed E-state index contributed by atoms with van der Waals surface area (Å²) in [6.07, 6.45) is 3.10. The van der Waals surface area contributed by atoms with Gasteiger partial charge < -0.3 is 19.8 Å². The summed E-state index contributed by atoms with van der Waals surface area (Å²) in [4.78, 5) is 6.30. The third-order valence-corrected chi connectivity index (χ3v) is 4.43. The standard InChI is InChI=1S/C16H23N3O3/c1-22-9-3-6-16(12-20)11-19(8-5-14(16)21)15-13(10-17)4-2-7-18-15/h2,4,7,14,20-21H,3,5-6,8-9,11-12H2,1H3/t14-,16+/m1/s1. The number of aliphatic hydroxyl groups excluding tert-OH is 2. The van der Waals surface area contributed by atoms with Gasteiger partial charge in [0.2, 0.25) is 0 Å². The van der Waals surface area contributed by atoms with Crippen LogP contribution in [0.3, 0.4) is 0 Å². The highest BCUT2D eigenvalue weighted by Crippen LogP contribution is 2.36. The Balaban J connectivity index is 2.20. The van der Waals surface area contributed by atoms with E-state index in [-0.39, 0.29) is 6.61 Å². The molecule has 2 N–H and O–H groups in total. The van der Waals surface area contributed by atoms with Crippen LogP contribution in [0.25, 0.3) is 0 Å². The number of anilines is 1. The van der Waals surface area contributed by atoms with Crippen LogP contribution < -0.4 is 4.90 Å². The highest BCUT2D eigenvalue weighted by atomic mass is 16.5. The molecule has 22 heavy (non-hydrogen) atoms. The average molecular weight is 305 g/mol. The zero-order chi connectivity index (χ0) is 16.0. The first kappa shape index (κ1) is 16.7. The van der Waals surface area contributed by atoms with E-state index in [0.29, 0.717) is 43.9 Å². The molecular formula is C16H23N3O3. The maximum Gasteiger partial charge on any atom is 0.146 e. The van der Waals surface area contributed by atoms with Gasteiger partial charge in [0.25, 0.3) is 0 Å². The first-order valence-electron chi connectivity index (χ1n) is 7.55. The number of aromatic nitrogens is 1. The first-order chi connectivity index (χ1) is 10.7. The minimum absolute atomic E-state index is 0.0941. The number of piperidine rings is 1. The van der Waals surface area contributed by atoms with Crippen LogP contribution in [0.4, 0.5) is 5.82 Å². The molecule has 1 aliphatic heterocycles. The lowest BCUT2D eigenvalue weighted by Crippen LogP contribution is -2.54. The van der Waals surface area contributed by atoms with Gasteiger partial charge in [-0.05, 0) is 31.4 Å². The van der Waals surface area contributed by atoms with Crippen molar-refractivity contribution in [3.8, 4) is 6.07 Å². The first-order valence-corrected chi connectivity index (χ1v) is 7.55. The third-order valence-electron chi connectivity index (χ3n) is 4.43. The van der Waals surface area contributed by atoms with Crippen LogP contribution in [0.5, 0.6) is 0 Å². The number of rotatable bonds is 6. The number of hydrogen-bond acceptors (Lipinski definition) is 6. The summed E-state index contributed by atoms with van der Waals surface area (Å²) >= 11 is 0. The van der Waals surface area contributed by atoms with Gasteiger partial charge in [0, 0.05) is 38.4 Å². The van der Waals surface area contributed by atoms with Gasteiger partial charge in [-0.15, -0.1) is 0 Å². The van der Waals surface area contributed by atoms with Gasteiger partial charge in [0.15, 0.2) is 0 Å². The summed E-state index contributed by atoms with van der Waals surface area (Å²) in [6.45, 7) is 1.61. The molecular weight excluding hydrogens is 282 g/mol. The molecule has 1 aromatic rings. The predicted octanol–water partition coefficient (Wildman–Crippen LogP) is 0.930. The molecule has 0 spiro atoms. The maximum absolute atomic E-state index is 10.4. The van der Waals surface area contributed by atoms with Crippen LogP contribution in [0.15, 0.2) is 18.3 Å². The number of nitrogens with zero attached hydrogens (tertiary/aromatic N) is 3. The molecule has 0 saturated carbocycles. The van der Waals surface area contributed by atoms with Crippen molar-refractivity contribution < 1.29 is 14.9 Å². The van der Waals surface area contributed by atoms with Gasteiger partial charge in [0.1, 0.15) is 11.9 Å². The van der Waals surface area contributed by atoms with Crippen molar-refractivity contribution in [1.29, 1.82) is 5.26 Å². The number of aliphatic hydroxyl groups is 2. The Morgan fingerprint density at radius 3 is 3.09 bits per heavy atom. The molecule has 6 heteroatoms. The van der Waals surface area contributed by atoms with Gasteiger partial charge in [-0.2, -0.15) is 5.26 Å². The summed E-state index contributed by atoms with van der Waals surface area (Å²) in [7, 11) is 1.64.